The van der Waals surface area contributed by atoms with Crippen molar-refractivity contribution in [2.75, 3.05) is 19.6 Å². The van der Waals surface area contributed by atoms with Gasteiger partial charge in [-0.2, -0.15) is 0 Å². The Morgan fingerprint density at radius 3 is 2.50 bits per heavy atom. The Kier molecular flexibility index (Phi) is 8.55. The number of rotatable bonds is 10. The first kappa shape index (κ1) is 18.5. The second-order valence-electron chi connectivity index (χ2n) is 5.21. The highest BCUT2D eigenvalue weighted by atomic mass is 35.5. The predicted octanol–water partition coefficient (Wildman–Crippen LogP) is 2.53. The van der Waals surface area contributed by atoms with Crippen LogP contribution < -0.4 is 5.32 Å². The molecule has 0 saturated heterocycles. The largest absolute Gasteiger partial charge is 0.480 e. The molecule has 2 N–H and O–H groups in total. The first-order chi connectivity index (χ1) is 10.5. The Morgan fingerprint density at radius 2 is 1.91 bits per heavy atom. The van der Waals surface area contributed by atoms with Gasteiger partial charge in [0.2, 0.25) is 5.91 Å². The summed E-state index contributed by atoms with van der Waals surface area (Å²) in [7, 11) is 0. The lowest BCUT2D eigenvalue weighted by Gasteiger charge is -2.21. The van der Waals surface area contributed by atoms with Crippen molar-refractivity contribution in [2.24, 2.45) is 0 Å². The van der Waals surface area contributed by atoms with Gasteiger partial charge in [-0.3, -0.25) is 14.5 Å². The summed E-state index contributed by atoms with van der Waals surface area (Å²) in [6.07, 6.45) is 3.23. The molecule has 0 aliphatic rings. The number of carbonyl (C=O) groups is 2. The number of carbonyl (C=O) groups excluding carboxylic acids is 1. The van der Waals surface area contributed by atoms with Crippen molar-refractivity contribution in [2.45, 2.75) is 32.7 Å². The minimum Gasteiger partial charge on any atom is -0.480 e. The van der Waals surface area contributed by atoms with E-state index in [0.717, 1.165) is 31.4 Å². The summed E-state index contributed by atoms with van der Waals surface area (Å²) in [6, 6.07) is 7.52. The number of halogens is 1. The summed E-state index contributed by atoms with van der Waals surface area (Å²) in [5.41, 5.74) is 1.08. The summed E-state index contributed by atoms with van der Waals surface area (Å²) >= 11 is 5.87. The van der Waals surface area contributed by atoms with Crippen LogP contribution in [0.2, 0.25) is 5.02 Å². The summed E-state index contributed by atoms with van der Waals surface area (Å²) in [6.45, 7) is 3.42. The van der Waals surface area contributed by atoms with Crippen LogP contribution in [0.3, 0.4) is 0 Å². The quantitative estimate of drug-likeness (QED) is 0.648. The Balaban J connectivity index is 2.56. The standard InChI is InChI=1S/C16H23ClN2O3/c1-2-3-4-9-19(12-15(20)18-10-16(21)22)11-13-5-7-14(17)8-6-13/h5-8H,2-4,9-12H2,1H3,(H,18,20)(H,21,22). The lowest BCUT2D eigenvalue weighted by atomic mass is 10.2. The van der Waals surface area contributed by atoms with Crippen LogP contribution in [0, 0.1) is 0 Å². The molecule has 1 amide bonds. The third-order valence-corrected chi connectivity index (χ3v) is 3.45. The Labute approximate surface area is 136 Å². The number of hydrogen-bond donors (Lipinski definition) is 2. The second-order valence-corrected chi connectivity index (χ2v) is 5.65. The Morgan fingerprint density at radius 1 is 1.23 bits per heavy atom. The van der Waals surface area contributed by atoms with E-state index in [-0.39, 0.29) is 19.0 Å². The van der Waals surface area contributed by atoms with Crippen molar-refractivity contribution < 1.29 is 14.7 Å². The topological polar surface area (TPSA) is 69.6 Å². The number of nitrogens with zero attached hydrogens (tertiary/aromatic N) is 1. The van der Waals surface area contributed by atoms with Gasteiger partial charge in [-0.25, -0.2) is 0 Å². The van der Waals surface area contributed by atoms with Crippen LogP contribution >= 0.6 is 11.6 Å². The molecular formula is C16H23ClN2O3. The van der Waals surface area contributed by atoms with Gasteiger partial charge < -0.3 is 10.4 Å². The van der Waals surface area contributed by atoms with Gasteiger partial charge in [0.05, 0.1) is 6.54 Å². The van der Waals surface area contributed by atoms with E-state index in [9.17, 15) is 9.59 Å². The number of benzene rings is 1. The highest BCUT2D eigenvalue weighted by Crippen LogP contribution is 2.12. The van der Waals surface area contributed by atoms with E-state index in [0.29, 0.717) is 11.6 Å². The molecular weight excluding hydrogens is 304 g/mol. The zero-order valence-electron chi connectivity index (χ0n) is 12.8. The van der Waals surface area contributed by atoms with Crippen LogP contribution in [0.5, 0.6) is 0 Å². The average Bonchev–Trinajstić information content (AvgIpc) is 2.47. The monoisotopic (exact) mass is 326 g/mol. The third-order valence-electron chi connectivity index (χ3n) is 3.20. The van der Waals surface area contributed by atoms with Gasteiger partial charge >= 0.3 is 5.97 Å². The van der Waals surface area contributed by atoms with Crippen molar-refractivity contribution in [1.29, 1.82) is 0 Å². The molecule has 1 aromatic rings. The second kappa shape index (κ2) is 10.2. The van der Waals surface area contributed by atoms with Crippen LogP contribution in [-0.4, -0.2) is 41.5 Å². The summed E-state index contributed by atoms with van der Waals surface area (Å²) < 4.78 is 0. The number of amides is 1. The van der Waals surface area contributed by atoms with Gasteiger partial charge in [-0.15, -0.1) is 0 Å². The molecule has 5 nitrogen and oxygen atoms in total. The molecule has 1 rings (SSSR count). The lowest BCUT2D eigenvalue weighted by molar-refractivity contribution is -0.138. The molecule has 0 atom stereocenters. The molecule has 0 heterocycles. The molecule has 0 saturated carbocycles. The zero-order valence-corrected chi connectivity index (χ0v) is 13.6. The molecule has 0 radical (unpaired) electrons. The van der Waals surface area contributed by atoms with E-state index in [1.54, 1.807) is 0 Å². The van der Waals surface area contributed by atoms with Crippen molar-refractivity contribution >= 4 is 23.5 Å². The third kappa shape index (κ3) is 8.00. The van der Waals surface area contributed by atoms with Gasteiger partial charge in [-0.05, 0) is 30.7 Å². The summed E-state index contributed by atoms with van der Waals surface area (Å²) in [4.78, 5) is 24.3. The number of carboxylic acids is 1. The van der Waals surface area contributed by atoms with Gasteiger partial charge in [0.15, 0.2) is 0 Å². The van der Waals surface area contributed by atoms with Gasteiger partial charge in [0, 0.05) is 11.6 Å². The maximum Gasteiger partial charge on any atom is 0.322 e. The number of hydrogen-bond acceptors (Lipinski definition) is 3. The molecule has 1 aromatic carbocycles. The van der Waals surface area contributed by atoms with E-state index in [4.69, 9.17) is 16.7 Å². The first-order valence-electron chi connectivity index (χ1n) is 7.46. The van der Waals surface area contributed by atoms with Gasteiger partial charge in [0.1, 0.15) is 6.54 Å². The molecule has 0 aliphatic heterocycles. The highest BCUT2D eigenvalue weighted by molar-refractivity contribution is 6.30. The molecule has 0 bridgehead atoms. The van der Waals surface area contributed by atoms with Crippen molar-refractivity contribution in [3.8, 4) is 0 Å². The van der Waals surface area contributed by atoms with Crippen molar-refractivity contribution in [3.63, 3.8) is 0 Å². The minimum absolute atomic E-state index is 0.194. The number of unbranched alkanes of at least 4 members (excludes halogenated alkanes) is 2. The van der Waals surface area contributed by atoms with Gasteiger partial charge in [-0.1, -0.05) is 43.5 Å². The normalized spacial score (nSPS) is 10.7. The fourth-order valence-electron chi connectivity index (χ4n) is 2.08. The lowest BCUT2D eigenvalue weighted by Crippen LogP contribution is -2.39. The highest BCUT2D eigenvalue weighted by Gasteiger charge is 2.12. The predicted molar refractivity (Wildman–Crippen MR) is 86.9 cm³/mol. The SMILES string of the molecule is CCCCCN(CC(=O)NCC(=O)O)Cc1ccc(Cl)cc1. The molecule has 0 fully saturated rings. The fraction of sp³-hybridized carbons (Fsp3) is 0.500. The Hall–Kier alpha value is -1.59. The van der Waals surface area contributed by atoms with Gasteiger partial charge in [0.25, 0.3) is 0 Å². The minimum atomic E-state index is -1.04. The molecule has 0 spiro atoms. The molecule has 22 heavy (non-hydrogen) atoms. The average molecular weight is 327 g/mol. The fourth-order valence-corrected chi connectivity index (χ4v) is 2.21. The van der Waals surface area contributed by atoms with Crippen molar-refractivity contribution in [1.82, 2.24) is 10.2 Å². The number of aliphatic carboxylic acids is 1. The van der Waals surface area contributed by atoms with E-state index in [2.05, 4.69) is 12.2 Å². The van der Waals surface area contributed by atoms with Crippen LogP contribution in [-0.2, 0) is 16.1 Å². The van der Waals surface area contributed by atoms with E-state index < -0.39 is 5.97 Å². The van der Waals surface area contributed by atoms with Crippen LogP contribution in [0.15, 0.2) is 24.3 Å². The summed E-state index contributed by atoms with van der Waals surface area (Å²) in [5, 5.41) is 11.7. The maximum absolute atomic E-state index is 11.8. The van der Waals surface area contributed by atoms with Crippen molar-refractivity contribution in [3.05, 3.63) is 34.9 Å². The van der Waals surface area contributed by atoms with E-state index in [1.165, 1.54) is 0 Å². The summed E-state index contributed by atoms with van der Waals surface area (Å²) in [5.74, 6) is -1.31. The Bertz CT molecular complexity index is 477. The molecule has 122 valence electrons. The molecule has 0 unspecified atom stereocenters. The number of nitrogens with one attached hydrogen (secondary N) is 1. The molecule has 0 aliphatic carbocycles. The first-order valence-corrected chi connectivity index (χ1v) is 7.84. The van der Waals surface area contributed by atoms with Crippen LogP contribution in [0.1, 0.15) is 31.7 Å². The van der Waals surface area contributed by atoms with E-state index >= 15 is 0 Å². The van der Waals surface area contributed by atoms with Crippen LogP contribution in [0.4, 0.5) is 0 Å². The molecule has 6 heteroatoms. The zero-order chi connectivity index (χ0) is 16.4. The number of carboxylic acid groups (broad SMARTS) is 1. The molecule has 0 aromatic heterocycles. The smallest absolute Gasteiger partial charge is 0.322 e. The maximum atomic E-state index is 11.8. The van der Waals surface area contributed by atoms with Crippen LogP contribution in [0.25, 0.3) is 0 Å². The van der Waals surface area contributed by atoms with E-state index in [1.807, 2.05) is 29.2 Å².